The molecule has 0 saturated heterocycles. The van der Waals surface area contributed by atoms with E-state index in [1.807, 2.05) is 30.3 Å². The van der Waals surface area contributed by atoms with Crippen LogP contribution in [0.3, 0.4) is 0 Å². The van der Waals surface area contributed by atoms with Gasteiger partial charge in [0.2, 0.25) is 0 Å². The summed E-state index contributed by atoms with van der Waals surface area (Å²) in [6.45, 7) is 0.298. The molecule has 6 aromatic rings. The van der Waals surface area contributed by atoms with E-state index < -0.39 is 0 Å². The van der Waals surface area contributed by atoms with Crippen LogP contribution in [-0.4, -0.2) is 29.9 Å². The first-order chi connectivity index (χ1) is 18.9. The fourth-order valence-electron chi connectivity index (χ4n) is 3.50. The summed E-state index contributed by atoms with van der Waals surface area (Å²) in [6, 6.07) is 17.1. The number of benzene rings is 2. The van der Waals surface area contributed by atoms with E-state index in [-0.39, 0.29) is 5.82 Å². The standard InChI is InChI=1S/C20H14ClFN4O.C7H3Cl2N3/c21-19-9-17-18(10-23-19)24-12-25-20(17)26-15-4-6-16(7-5-15)27-11-13-2-1-3-14(22)8-13;8-6-1-4-5(2-10-6)11-3-12-7(4)9/h1-10,12H,11H2,(H,24,25,26);1-3H. The Morgan fingerprint density at radius 3 is 2.10 bits per heavy atom. The first kappa shape index (κ1) is 26.4. The van der Waals surface area contributed by atoms with Crippen LogP contribution in [0.5, 0.6) is 5.75 Å². The molecule has 0 aliphatic heterocycles. The van der Waals surface area contributed by atoms with E-state index in [1.54, 1.807) is 30.6 Å². The molecule has 1 N–H and O–H groups in total. The van der Waals surface area contributed by atoms with Crippen molar-refractivity contribution in [2.75, 3.05) is 5.32 Å². The van der Waals surface area contributed by atoms with Crippen molar-refractivity contribution in [3.8, 4) is 5.75 Å². The van der Waals surface area contributed by atoms with Crippen molar-refractivity contribution in [2.45, 2.75) is 6.61 Å². The van der Waals surface area contributed by atoms with Crippen molar-refractivity contribution in [1.82, 2.24) is 29.9 Å². The average molecular weight is 581 g/mol. The number of nitrogens with one attached hydrogen (secondary N) is 1. The van der Waals surface area contributed by atoms with Gasteiger partial charge in [-0.2, -0.15) is 0 Å². The SMILES string of the molecule is Clc1cc2c(Cl)ncnc2cn1.Fc1cccc(COc2ccc(Nc3ncnc4cnc(Cl)cc34)cc2)c1. The molecular weight excluding hydrogens is 564 g/mol. The highest BCUT2D eigenvalue weighted by Crippen LogP contribution is 2.26. The molecule has 4 heterocycles. The lowest BCUT2D eigenvalue weighted by molar-refractivity contribution is 0.305. The number of ether oxygens (including phenoxy) is 1. The van der Waals surface area contributed by atoms with Crippen LogP contribution in [0.15, 0.2) is 85.7 Å². The third-order valence-electron chi connectivity index (χ3n) is 5.34. The van der Waals surface area contributed by atoms with Gasteiger partial charge in [0.1, 0.15) is 52.1 Å². The zero-order valence-electron chi connectivity index (χ0n) is 19.9. The number of nitrogens with zero attached hydrogens (tertiary/aromatic N) is 6. The molecule has 0 saturated carbocycles. The maximum absolute atomic E-state index is 13.2. The smallest absolute Gasteiger partial charge is 0.141 e. The lowest BCUT2D eigenvalue weighted by Gasteiger charge is -2.10. The lowest BCUT2D eigenvalue weighted by atomic mass is 10.2. The second-order valence-electron chi connectivity index (χ2n) is 8.00. The average Bonchev–Trinajstić information content (AvgIpc) is 2.94. The van der Waals surface area contributed by atoms with Gasteiger partial charge in [0, 0.05) is 16.5 Å². The molecule has 39 heavy (non-hydrogen) atoms. The maximum Gasteiger partial charge on any atom is 0.141 e. The maximum atomic E-state index is 13.2. The summed E-state index contributed by atoms with van der Waals surface area (Å²) in [5, 5.41) is 5.90. The summed E-state index contributed by atoms with van der Waals surface area (Å²) >= 11 is 17.4. The molecular formula is C27H17Cl3FN7O. The molecule has 6 rings (SSSR count). The molecule has 0 unspecified atom stereocenters. The summed E-state index contributed by atoms with van der Waals surface area (Å²) in [5.74, 6) is 1.05. The molecule has 0 amide bonds. The Morgan fingerprint density at radius 1 is 0.718 bits per heavy atom. The normalized spacial score (nSPS) is 10.7. The highest BCUT2D eigenvalue weighted by Gasteiger charge is 2.06. The zero-order chi connectivity index (χ0) is 27.2. The highest BCUT2D eigenvalue weighted by molar-refractivity contribution is 6.35. The van der Waals surface area contributed by atoms with E-state index >= 15 is 0 Å². The molecule has 0 aliphatic rings. The quantitative estimate of drug-likeness (QED) is 0.166. The van der Waals surface area contributed by atoms with Crippen LogP contribution >= 0.6 is 34.8 Å². The van der Waals surface area contributed by atoms with Crippen molar-refractivity contribution in [1.29, 1.82) is 0 Å². The van der Waals surface area contributed by atoms with Crippen LogP contribution in [-0.2, 0) is 6.61 Å². The fraction of sp³-hybridized carbons (Fsp3) is 0.0370. The van der Waals surface area contributed by atoms with Gasteiger partial charge in [-0.15, -0.1) is 0 Å². The van der Waals surface area contributed by atoms with Crippen molar-refractivity contribution in [3.63, 3.8) is 0 Å². The van der Waals surface area contributed by atoms with Crippen molar-refractivity contribution in [3.05, 3.63) is 113 Å². The second kappa shape index (κ2) is 12.1. The second-order valence-corrected chi connectivity index (χ2v) is 9.14. The van der Waals surface area contributed by atoms with Gasteiger partial charge in [0.15, 0.2) is 0 Å². The third-order valence-corrected chi connectivity index (χ3v) is 6.05. The molecule has 4 aromatic heterocycles. The number of halogens is 4. The molecule has 2 aromatic carbocycles. The number of hydrogen-bond acceptors (Lipinski definition) is 8. The van der Waals surface area contributed by atoms with Crippen LogP contribution in [0, 0.1) is 5.82 Å². The minimum absolute atomic E-state index is 0.275. The monoisotopic (exact) mass is 579 g/mol. The Kier molecular flexibility index (Phi) is 8.21. The third kappa shape index (κ3) is 6.83. The van der Waals surface area contributed by atoms with Crippen molar-refractivity contribution < 1.29 is 9.13 Å². The summed E-state index contributed by atoms with van der Waals surface area (Å²) < 4.78 is 18.9. The summed E-state index contributed by atoms with van der Waals surface area (Å²) in [6.07, 6.45) is 6.02. The Bertz CT molecular complexity index is 1760. The van der Waals surface area contributed by atoms with E-state index in [0.717, 1.165) is 22.0 Å². The number of aromatic nitrogens is 6. The summed E-state index contributed by atoms with van der Waals surface area (Å²) in [7, 11) is 0. The van der Waals surface area contributed by atoms with E-state index in [2.05, 4.69) is 35.2 Å². The van der Waals surface area contributed by atoms with Gasteiger partial charge in [0.25, 0.3) is 0 Å². The summed E-state index contributed by atoms with van der Waals surface area (Å²) in [5.41, 5.74) is 3.00. The van der Waals surface area contributed by atoms with Gasteiger partial charge >= 0.3 is 0 Å². The number of fused-ring (bicyclic) bond motifs is 2. The van der Waals surface area contributed by atoms with Gasteiger partial charge in [-0.1, -0.05) is 46.9 Å². The Morgan fingerprint density at radius 2 is 1.38 bits per heavy atom. The van der Waals surface area contributed by atoms with Crippen molar-refractivity contribution >= 4 is 68.1 Å². The van der Waals surface area contributed by atoms with Crippen LogP contribution in [0.2, 0.25) is 15.5 Å². The number of anilines is 2. The summed E-state index contributed by atoms with van der Waals surface area (Å²) in [4.78, 5) is 24.1. The number of hydrogen-bond donors (Lipinski definition) is 1. The molecule has 0 fully saturated rings. The van der Waals surface area contributed by atoms with Gasteiger partial charge in [-0.25, -0.2) is 34.3 Å². The minimum atomic E-state index is -0.275. The molecule has 0 aliphatic carbocycles. The van der Waals surface area contributed by atoms with E-state index in [1.165, 1.54) is 24.8 Å². The molecule has 8 nitrogen and oxygen atoms in total. The van der Waals surface area contributed by atoms with Crippen LogP contribution in [0.4, 0.5) is 15.9 Å². The molecule has 0 spiro atoms. The van der Waals surface area contributed by atoms with Crippen LogP contribution in [0.1, 0.15) is 5.56 Å². The van der Waals surface area contributed by atoms with E-state index in [9.17, 15) is 4.39 Å². The lowest BCUT2D eigenvalue weighted by Crippen LogP contribution is -1.98. The Balaban J connectivity index is 0.000000214. The predicted octanol–water partition coefficient (Wildman–Crippen LogP) is 7.47. The molecule has 12 heteroatoms. The van der Waals surface area contributed by atoms with Gasteiger partial charge in [0.05, 0.1) is 23.4 Å². The predicted molar refractivity (Wildman–Crippen MR) is 150 cm³/mol. The van der Waals surface area contributed by atoms with Gasteiger partial charge in [-0.3, -0.25) is 0 Å². The fourth-order valence-corrected chi connectivity index (χ4v) is 4.01. The highest BCUT2D eigenvalue weighted by atomic mass is 35.5. The topological polar surface area (TPSA) is 98.6 Å². The van der Waals surface area contributed by atoms with Crippen LogP contribution in [0.25, 0.3) is 21.8 Å². The van der Waals surface area contributed by atoms with Crippen LogP contribution < -0.4 is 10.1 Å². The van der Waals surface area contributed by atoms with Gasteiger partial charge in [-0.05, 0) is 54.1 Å². The molecule has 0 bridgehead atoms. The zero-order valence-corrected chi connectivity index (χ0v) is 22.2. The Labute approximate surface area is 236 Å². The largest absolute Gasteiger partial charge is 0.489 e. The van der Waals surface area contributed by atoms with E-state index in [4.69, 9.17) is 39.5 Å². The number of rotatable bonds is 5. The van der Waals surface area contributed by atoms with E-state index in [0.29, 0.717) is 44.7 Å². The molecule has 0 radical (unpaired) electrons. The molecule has 0 atom stereocenters. The Hall–Kier alpha value is -4.18. The van der Waals surface area contributed by atoms with Crippen molar-refractivity contribution in [2.24, 2.45) is 0 Å². The first-order valence-electron chi connectivity index (χ1n) is 11.4. The minimum Gasteiger partial charge on any atom is -0.489 e. The first-order valence-corrected chi connectivity index (χ1v) is 12.5. The molecule has 194 valence electrons. The number of pyridine rings is 2. The van der Waals surface area contributed by atoms with Gasteiger partial charge < -0.3 is 10.1 Å².